The van der Waals surface area contributed by atoms with Gasteiger partial charge in [-0.1, -0.05) is 6.42 Å². The van der Waals surface area contributed by atoms with E-state index in [0.717, 1.165) is 81.8 Å². The van der Waals surface area contributed by atoms with Gasteiger partial charge in [-0.15, -0.1) is 11.3 Å². The zero-order valence-electron chi connectivity index (χ0n) is 17.5. The van der Waals surface area contributed by atoms with Crippen molar-refractivity contribution in [2.45, 2.75) is 57.5 Å². The summed E-state index contributed by atoms with van der Waals surface area (Å²) < 4.78 is 5.51. The Kier molecular flexibility index (Phi) is 7.03. The van der Waals surface area contributed by atoms with Crippen molar-refractivity contribution in [1.82, 2.24) is 4.90 Å². The zero-order chi connectivity index (χ0) is 20.9. The average molecular weight is 432 g/mol. The molecule has 3 aliphatic rings. The van der Waals surface area contributed by atoms with Gasteiger partial charge in [0.25, 0.3) is 5.91 Å². The first-order chi connectivity index (χ1) is 14.7. The van der Waals surface area contributed by atoms with Crippen LogP contribution >= 0.6 is 11.3 Å². The second-order valence-electron chi connectivity index (χ2n) is 8.51. The standard InChI is InChI=1S/C22H30N4O3S/c23-15-17-16-5-2-1-3-7-19(16)30-21(17)24-20(27)8-9-25-10-12-26(13-11-25)22(28)18-6-4-14-29-18/h18H,1-14H2,(H,24,27)/p+1/t18-/m1/s1. The van der Waals surface area contributed by atoms with Crippen LogP contribution in [0, 0.1) is 11.3 Å². The first-order valence-electron chi connectivity index (χ1n) is 11.2. The molecule has 8 heteroatoms. The van der Waals surface area contributed by atoms with Crippen LogP contribution in [0.25, 0.3) is 0 Å². The van der Waals surface area contributed by atoms with Gasteiger partial charge in [0, 0.05) is 11.5 Å². The van der Waals surface area contributed by atoms with E-state index in [1.807, 2.05) is 4.90 Å². The number of nitriles is 1. The highest BCUT2D eigenvalue weighted by Crippen LogP contribution is 2.36. The first kappa shape index (κ1) is 21.3. The molecule has 4 rings (SSSR count). The third-order valence-electron chi connectivity index (χ3n) is 6.48. The van der Waals surface area contributed by atoms with E-state index < -0.39 is 0 Å². The smallest absolute Gasteiger partial charge is 0.252 e. The number of nitrogens with one attached hydrogen (secondary N) is 2. The number of ether oxygens (including phenoxy) is 1. The van der Waals surface area contributed by atoms with E-state index in [4.69, 9.17) is 4.74 Å². The lowest BCUT2D eigenvalue weighted by Gasteiger charge is -2.33. The minimum Gasteiger partial charge on any atom is -0.368 e. The summed E-state index contributed by atoms with van der Waals surface area (Å²) in [6.45, 7) is 4.63. The lowest BCUT2D eigenvalue weighted by molar-refractivity contribution is -0.903. The van der Waals surface area contributed by atoms with Crippen LogP contribution in [0.4, 0.5) is 5.00 Å². The predicted octanol–water partition coefficient (Wildman–Crippen LogP) is 1.12. The maximum atomic E-state index is 12.5. The molecular weight excluding hydrogens is 400 g/mol. The average Bonchev–Trinajstić information content (AvgIpc) is 3.35. The van der Waals surface area contributed by atoms with Crippen LogP contribution in [0.1, 0.15) is 54.5 Å². The summed E-state index contributed by atoms with van der Waals surface area (Å²) in [6.07, 6.45) is 7.46. The summed E-state index contributed by atoms with van der Waals surface area (Å²) in [5.74, 6) is 0.110. The molecule has 0 saturated carbocycles. The molecule has 2 aliphatic heterocycles. The summed E-state index contributed by atoms with van der Waals surface area (Å²) in [5, 5.41) is 13.3. The van der Waals surface area contributed by atoms with Gasteiger partial charge in [0.2, 0.25) is 5.91 Å². The van der Waals surface area contributed by atoms with Crippen LogP contribution in [0.2, 0.25) is 0 Å². The number of anilines is 1. The van der Waals surface area contributed by atoms with Gasteiger partial charge in [0.15, 0.2) is 0 Å². The maximum absolute atomic E-state index is 12.5. The molecule has 0 spiro atoms. The first-order valence-corrected chi connectivity index (χ1v) is 12.1. The molecule has 2 N–H and O–H groups in total. The lowest BCUT2D eigenvalue weighted by Crippen LogP contribution is -3.15. The maximum Gasteiger partial charge on any atom is 0.252 e. The molecule has 30 heavy (non-hydrogen) atoms. The van der Waals surface area contributed by atoms with Gasteiger partial charge in [-0.2, -0.15) is 5.26 Å². The van der Waals surface area contributed by atoms with E-state index in [2.05, 4.69) is 11.4 Å². The minimum absolute atomic E-state index is 0.0201. The van der Waals surface area contributed by atoms with E-state index in [9.17, 15) is 14.9 Å². The third kappa shape index (κ3) is 4.85. The molecule has 2 fully saturated rings. The number of piperazine rings is 1. The van der Waals surface area contributed by atoms with E-state index in [1.165, 1.54) is 16.2 Å². The van der Waals surface area contributed by atoms with Crippen LogP contribution in [0.5, 0.6) is 0 Å². The fourth-order valence-electron chi connectivity index (χ4n) is 4.70. The molecule has 162 valence electrons. The minimum atomic E-state index is -0.243. The fourth-order valence-corrected chi connectivity index (χ4v) is 5.95. The van der Waals surface area contributed by atoms with Gasteiger partial charge in [-0.3, -0.25) is 9.59 Å². The molecule has 0 radical (unpaired) electrons. The number of fused-ring (bicyclic) bond motifs is 1. The Labute approximate surface area is 182 Å². The van der Waals surface area contributed by atoms with Gasteiger partial charge in [0.05, 0.1) is 44.7 Å². The number of hydrogen-bond acceptors (Lipinski definition) is 5. The Morgan fingerprint density at radius 2 is 2.00 bits per heavy atom. The number of quaternary nitrogens is 1. The molecule has 1 aromatic rings. The highest BCUT2D eigenvalue weighted by atomic mass is 32.1. The summed E-state index contributed by atoms with van der Waals surface area (Å²) >= 11 is 1.59. The number of rotatable bonds is 5. The van der Waals surface area contributed by atoms with Crippen LogP contribution in [0.15, 0.2) is 0 Å². The summed E-state index contributed by atoms with van der Waals surface area (Å²) in [4.78, 5) is 29.5. The molecule has 0 bridgehead atoms. The Balaban J connectivity index is 1.24. The van der Waals surface area contributed by atoms with Gasteiger partial charge in [-0.25, -0.2) is 0 Å². The lowest BCUT2D eigenvalue weighted by atomic mass is 10.1. The summed E-state index contributed by atoms with van der Waals surface area (Å²) in [5.41, 5.74) is 1.84. The second kappa shape index (κ2) is 9.90. The van der Waals surface area contributed by atoms with Crippen molar-refractivity contribution in [1.29, 1.82) is 5.26 Å². The number of carbonyl (C=O) groups excluding carboxylic acids is 2. The summed E-state index contributed by atoms with van der Waals surface area (Å²) in [7, 11) is 0. The van der Waals surface area contributed by atoms with Crippen molar-refractivity contribution in [2.24, 2.45) is 0 Å². The number of amides is 2. The zero-order valence-corrected chi connectivity index (χ0v) is 18.3. The van der Waals surface area contributed by atoms with Crippen LogP contribution in [-0.4, -0.2) is 62.1 Å². The second-order valence-corrected chi connectivity index (χ2v) is 9.61. The number of nitrogens with zero attached hydrogens (tertiary/aromatic N) is 2. The molecule has 3 heterocycles. The number of aryl methyl sites for hydroxylation is 1. The van der Waals surface area contributed by atoms with Crippen molar-refractivity contribution < 1.29 is 19.2 Å². The molecule has 2 saturated heterocycles. The highest BCUT2D eigenvalue weighted by molar-refractivity contribution is 7.16. The van der Waals surface area contributed by atoms with Crippen LogP contribution in [0.3, 0.4) is 0 Å². The van der Waals surface area contributed by atoms with Crippen molar-refractivity contribution in [3.63, 3.8) is 0 Å². The van der Waals surface area contributed by atoms with Crippen LogP contribution in [-0.2, 0) is 27.2 Å². The molecule has 1 atom stereocenters. The fraction of sp³-hybridized carbons (Fsp3) is 0.682. The molecule has 1 aliphatic carbocycles. The Bertz CT molecular complexity index is 817. The van der Waals surface area contributed by atoms with Crippen molar-refractivity contribution in [2.75, 3.05) is 44.6 Å². The van der Waals surface area contributed by atoms with Crippen molar-refractivity contribution in [3.8, 4) is 6.07 Å². The monoisotopic (exact) mass is 431 g/mol. The molecular formula is C22H31N4O3S+. The van der Waals surface area contributed by atoms with Gasteiger partial charge in [0.1, 0.15) is 17.2 Å². The molecule has 2 amide bonds. The molecule has 0 aromatic carbocycles. The van der Waals surface area contributed by atoms with Crippen molar-refractivity contribution >= 4 is 28.2 Å². The largest absolute Gasteiger partial charge is 0.368 e. The number of hydrogen-bond donors (Lipinski definition) is 2. The topological polar surface area (TPSA) is 86.9 Å². The molecule has 7 nitrogen and oxygen atoms in total. The van der Waals surface area contributed by atoms with E-state index in [-0.39, 0.29) is 17.9 Å². The molecule has 1 aromatic heterocycles. The Morgan fingerprint density at radius 3 is 2.73 bits per heavy atom. The normalized spacial score (nSPS) is 22.2. The van der Waals surface area contributed by atoms with Gasteiger partial charge in [-0.05, 0) is 44.1 Å². The highest BCUT2D eigenvalue weighted by Gasteiger charge is 2.31. The quantitative estimate of drug-likeness (QED) is 0.684. The Hall–Kier alpha value is -1.95. The predicted molar refractivity (Wildman–Crippen MR) is 115 cm³/mol. The van der Waals surface area contributed by atoms with Gasteiger partial charge >= 0.3 is 0 Å². The van der Waals surface area contributed by atoms with E-state index >= 15 is 0 Å². The van der Waals surface area contributed by atoms with Gasteiger partial charge < -0.3 is 19.9 Å². The van der Waals surface area contributed by atoms with Crippen LogP contribution < -0.4 is 10.2 Å². The summed E-state index contributed by atoms with van der Waals surface area (Å²) in [6, 6.07) is 2.32. The Morgan fingerprint density at radius 1 is 1.20 bits per heavy atom. The third-order valence-corrected chi connectivity index (χ3v) is 7.69. The SMILES string of the molecule is N#Cc1c(NC(=O)CC[NH+]2CCN(C(=O)[C@H]3CCCO3)CC2)sc2c1CCCCC2. The van der Waals surface area contributed by atoms with Crippen molar-refractivity contribution in [3.05, 3.63) is 16.0 Å². The number of thiophene rings is 1. The van der Waals surface area contributed by atoms with E-state index in [1.54, 1.807) is 11.3 Å². The molecule has 0 unspecified atom stereocenters. The number of carbonyl (C=O) groups is 2. The van der Waals surface area contributed by atoms with E-state index in [0.29, 0.717) is 18.6 Å².